The third-order valence-corrected chi connectivity index (χ3v) is 13.2. The minimum absolute atomic E-state index is 0.0000954. The number of nitrogens with two attached hydrogens (primary N) is 3. The molecule has 362 valence electrons. The standard InChI is InChI=1S/C30H38N15O19P3/c31-22-13-25(37-4-34-22)43(7-40-13)28-17(48)16(47)11(60-28)2-57-67(55,56)64-20-12(61-30(21(20)62-65(50,51)52)45-9-42-15-24(33)36-6-39-27(15)45)3-58-66(53,54)63-19-10(1-46)59-29(18(19)49)44-8-41-14-23(32)35-5-38-26(14)44/h4-12,16-21,28-30,46-49H,1-3H2,(H,53,54)(H,55,56)(H2,31,34,37)(H2,32,35,38)(H2,33,36,39)(H2,50,51,52)/t10-,11-,12-,16-,17-,18-,19-,20-,21-,28-,29-,30-/m1/s1. The molecule has 3 saturated heterocycles. The summed E-state index contributed by atoms with van der Waals surface area (Å²) in [6.07, 6.45) is -14.3. The third-order valence-electron chi connectivity index (χ3n) is 10.7. The largest absolute Gasteiger partial charge is 0.472 e. The fourth-order valence-electron chi connectivity index (χ4n) is 7.66. The van der Waals surface area contributed by atoms with E-state index in [1.54, 1.807) is 0 Å². The monoisotopic (exact) mass is 1010 g/mol. The highest BCUT2D eigenvalue weighted by Gasteiger charge is 2.55. The molecular weight excluding hydrogens is 967 g/mol. The molecule has 0 radical (unpaired) electrons. The van der Waals surface area contributed by atoms with Gasteiger partial charge in [0.05, 0.1) is 38.8 Å². The van der Waals surface area contributed by atoms with E-state index in [4.69, 9.17) is 54.0 Å². The van der Waals surface area contributed by atoms with Gasteiger partial charge in [0.15, 0.2) is 53.1 Å². The molecule has 2 unspecified atom stereocenters. The van der Waals surface area contributed by atoms with Gasteiger partial charge in [-0.25, -0.2) is 58.6 Å². The van der Waals surface area contributed by atoms with Gasteiger partial charge in [0.2, 0.25) is 0 Å². The number of ether oxygens (including phenoxy) is 3. The minimum atomic E-state index is -5.61. The first kappa shape index (κ1) is 47.2. The number of anilines is 3. The van der Waals surface area contributed by atoms with Gasteiger partial charge in [-0.3, -0.25) is 36.3 Å². The summed E-state index contributed by atoms with van der Waals surface area (Å²) in [6.45, 7) is -3.02. The number of hydrogen-bond acceptors (Lipinski definition) is 27. The van der Waals surface area contributed by atoms with Gasteiger partial charge >= 0.3 is 23.5 Å². The molecular formula is C30H38N15O19P3. The van der Waals surface area contributed by atoms with E-state index >= 15 is 0 Å². The number of nitrogens with zero attached hydrogens (tertiary/aromatic N) is 12. The van der Waals surface area contributed by atoms with Crippen molar-refractivity contribution in [2.75, 3.05) is 37.0 Å². The second kappa shape index (κ2) is 17.9. The minimum Gasteiger partial charge on any atom is -0.394 e. The van der Waals surface area contributed by atoms with Crippen LogP contribution in [0.15, 0.2) is 38.0 Å². The summed E-state index contributed by atoms with van der Waals surface area (Å²) in [5.74, 6) is -0.153. The Hall–Kier alpha value is -4.90. The van der Waals surface area contributed by atoms with Crippen LogP contribution in [-0.2, 0) is 50.5 Å². The van der Waals surface area contributed by atoms with E-state index < -0.39 is 117 Å². The number of aliphatic hydroxyl groups excluding tert-OH is 4. The Balaban J connectivity index is 0.958. The van der Waals surface area contributed by atoms with Gasteiger partial charge < -0.3 is 71.4 Å². The molecule has 6 aromatic rings. The van der Waals surface area contributed by atoms with Gasteiger partial charge in [0, 0.05) is 0 Å². The van der Waals surface area contributed by atoms with Gasteiger partial charge in [0.1, 0.15) is 90.5 Å². The van der Waals surface area contributed by atoms with Crippen molar-refractivity contribution in [2.24, 2.45) is 0 Å². The lowest BCUT2D eigenvalue weighted by Gasteiger charge is -2.27. The van der Waals surface area contributed by atoms with Crippen LogP contribution in [0, 0.1) is 0 Å². The number of hydrogen-bond donors (Lipinski definition) is 11. The van der Waals surface area contributed by atoms with E-state index in [-0.39, 0.29) is 50.9 Å². The number of phosphoric ester groups is 3. The molecule has 3 aliphatic rings. The summed E-state index contributed by atoms with van der Waals surface area (Å²) >= 11 is 0. The molecule has 6 aromatic heterocycles. The van der Waals surface area contributed by atoms with E-state index in [1.165, 1.54) is 21.8 Å². The summed E-state index contributed by atoms with van der Waals surface area (Å²) in [6, 6.07) is 0. The van der Waals surface area contributed by atoms with Crippen molar-refractivity contribution >= 4 is 74.4 Å². The average Bonchev–Trinajstić information content (AvgIpc) is 4.13. The zero-order valence-corrected chi connectivity index (χ0v) is 36.2. The molecule has 0 aromatic carbocycles. The number of fused-ring (bicyclic) bond motifs is 3. The van der Waals surface area contributed by atoms with E-state index in [9.17, 15) is 53.7 Å². The zero-order valence-electron chi connectivity index (χ0n) is 33.5. The van der Waals surface area contributed by atoms with Crippen LogP contribution in [0.2, 0.25) is 0 Å². The molecule has 9 rings (SSSR count). The average molecular weight is 1010 g/mol. The van der Waals surface area contributed by atoms with E-state index in [1.807, 2.05) is 0 Å². The summed E-state index contributed by atoms with van der Waals surface area (Å²) in [4.78, 5) is 78.1. The molecule has 14 atom stereocenters. The zero-order chi connectivity index (χ0) is 47.7. The highest BCUT2D eigenvalue weighted by atomic mass is 31.2. The van der Waals surface area contributed by atoms with Crippen LogP contribution in [0.5, 0.6) is 0 Å². The number of nitrogen functional groups attached to an aromatic ring is 3. The fraction of sp³-hybridized carbons (Fsp3) is 0.500. The van der Waals surface area contributed by atoms with Crippen LogP contribution in [0.4, 0.5) is 17.5 Å². The van der Waals surface area contributed by atoms with Gasteiger partial charge in [0.25, 0.3) is 0 Å². The highest BCUT2D eigenvalue weighted by molar-refractivity contribution is 7.47. The number of phosphoric acid groups is 3. The van der Waals surface area contributed by atoms with Crippen molar-refractivity contribution in [3.8, 4) is 0 Å². The first-order chi connectivity index (χ1) is 31.7. The Morgan fingerprint density at radius 1 is 0.522 bits per heavy atom. The van der Waals surface area contributed by atoms with Gasteiger partial charge in [-0.15, -0.1) is 0 Å². The van der Waals surface area contributed by atoms with Gasteiger partial charge in [-0.05, 0) is 0 Å². The van der Waals surface area contributed by atoms with Crippen molar-refractivity contribution in [3.05, 3.63) is 38.0 Å². The van der Waals surface area contributed by atoms with Crippen LogP contribution in [-0.4, -0.2) is 173 Å². The van der Waals surface area contributed by atoms with Crippen LogP contribution in [0.1, 0.15) is 18.7 Å². The van der Waals surface area contributed by atoms with Crippen molar-refractivity contribution in [3.63, 3.8) is 0 Å². The number of imidazole rings is 3. The SMILES string of the molecule is Nc1ncnc2c1ncn2[C@@H]1O[C@H](COP(=O)(O)O[C@H]2[C@@H](OP(=O)(O)O)[C@H](n3cnc4c(N)ncnc43)O[C@@H]2COP(=O)(O)O[C@H]2[C@@H](O)[C@H](n3cnc4c(N)ncnc43)O[C@@H]2CO)[C@@H](O)[C@H]1O. The lowest BCUT2D eigenvalue weighted by Crippen LogP contribution is -2.38. The lowest BCUT2D eigenvalue weighted by molar-refractivity contribution is -0.0617. The predicted molar refractivity (Wildman–Crippen MR) is 214 cm³/mol. The van der Waals surface area contributed by atoms with Crippen molar-refractivity contribution in [1.29, 1.82) is 0 Å². The summed E-state index contributed by atoms with van der Waals surface area (Å²) in [7, 11) is -16.6. The lowest BCUT2D eigenvalue weighted by atomic mass is 10.1. The molecule has 14 N–H and O–H groups in total. The van der Waals surface area contributed by atoms with Crippen LogP contribution in [0.25, 0.3) is 33.5 Å². The van der Waals surface area contributed by atoms with Crippen molar-refractivity contribution in [2.45, 2.75) is 73.6 Å². The van der Waals surface area contributed by atoms with Crippen LogP contribution in [0.3, 0.4) is 0 Å². The van der Waals surface area contributed by atoms with Crippen molar-refractivity contribution in [1.82, 2.24) is 58.6 Å². The van der Waals surface area contributed by atoms with Crippen LogP contribution >= 0.6 is 23.5 Å². The normalized spacial score (nSPS) is 31.0. The Morgan fingerprint density at radius 2 is 0.940 bits per heavy atom. The summed E-state index contributed by atoms with van der Waals surface area (Å²) in [5.41, 5.74) is 17.9. The Labute approximate surface area is 371 Å². The molecule has 3 aliphatic heterocycles. The molecule has 34 nitrogen and oxygen atoms in total. The van der Waals surface area contributed by atoms with Crippen molar-refractivity contribution < 1.29 is 90.5 Å². The maximum atomic E-state index is 13.8. The second-order valence-electron chi connectivity index (χ2n) is 14.8. The van der Waals surface area contributed by atoms with Gasteiger partial charge in [-0.1, -0.05) is 0 Å². The first-order valence-electron chi connectivity index (χ1n) is 19.2. The molecule has 0 bridgehead atoms. The first-order valence-corrected chi connectivity index (χ1v) is 23.7. The fourth-order valence-corrected chi connectivity index (χ4v) is 10.1. The molecule has 0 saturated carbocycles. The third kappa shape index (κ3) is 9.10. The molecule has 67 heavy (non-hydrogen) atoms. The predicted octanol–water partition coefficient (Wildman–Crippen LogP) is -3.50. The Bertz CT molecular complexity index is 2940. The number of aliphatic hydroxyl groups is 4. The summed E-state index contributed by atoms with van der Waals surface area (Å²) in [5, 5.41) is 43.1. The van der Waals surface area contributed by atoms with E-state index in [2.05, 4.69) is 44.9 Å². The highest BCUT2D eigenvalue weighted by Crippen LogP contribution is 2.55. The molecule has 0 amide bonds. The number of aromatic nitrogens is 12. The smallest absolute Gasteiger partial charge is 0.394 e. The molecule has 37 heteroatoms. The maximum Gasteiger partial charge on any atom is 0.472 e. The molecule has 0 spiro atoms. The van der Waals surface area contributed by atoms with Crippen LogP contribution < -0.4 is 17.2 Å². The summed E-state index contributed by atoms with van der Waals surface area (Å²) < 4.78 is 86.9. The molecule has 3 fully saturated rings. The second-order valence-corrected chi connectivity index (χ2v) is 18.8. The Kier molecular flexibility index (Phi) is 12.6. The Morgan fingerprint density at radius 3 is 1.42 bits per heavy atom. The molecule has 9 heterocycles. The van der Waals surface area contributed by atoms with Gasteiger partial charge in [-0.2, -0.15) is 0 Å². The molecule has 0 aliphatic carbocycles. The topological polar surface area (TPSA) is 496 Å². The number of rotatable bonds is 16. The van der Waals surface area contributed by atoms with E-state index in [0.29, 0.717) is 0 Å². The maximum absolute atomic E-state index is 13.8. The van der Waals surface area contributed by atoms with E-state index in [0.717, 1.165) is 29.9 Å². The quantitative estimate of drug-likeness (QED) is 0.0419.